The summed E-state index contributed by atoms with van der Waals surface area (Å²) in [6.07, 6.45) is 0. The average Bonchev–Trinajstić information content (AvgIpc) is 3.45. The van der Waals surface area contributed by atoms with E-state index < -0.39 is 17.2 Å². The Hall–Kier alpha value is -5.01. The number of methoxy groups -OCH3 is 1. The number of hydrogen-bond donors (Lipinski definition) is 2. The molecule has 1 amide bonds. The second-order valence-corrected chi connectivity index (χ2v) is 10.3. The summed E-state index contributed by atoms with van der Waals surface area (Å²) in [5, 5.41) is 9.04. The third-order valence-corrected chi connectivity index (χ3v) is 7.48. The van der Waals surface area contributed by atoms with E-state index in [1.54, 1.807) is 16.7 Å². The number of nitrogens with one attached hydrogen (secondary N) is 1. The van der Waals surface area contributed by atoms with Crippen LogP contribution in [0.5, 0.6) is 0 Å². The first-order valence-corrected chi connectivity index (χ1v) is 14.2. The van der Waals surface area contributed by atoms with Crippen LogP contribution in [0.15, 0.2) is 99.7 Å². The molecule has 0 radical (unpaired) electrons. The first kappa shape index (κ1) is 29.5. The lowest BCUT2D eigenvalue weighted by Crippen LogP contribution is -2.43. The third-order valence-electron chi connectivity index (χ3n) is 6.56. The van der Waals surface area contributed by atoms with Crippen LogP contribution in [0.3, 0.4) is 0 Å². The van der Waals surface area contributed by atoms with Crippen LogP contribution in [0, 0.1) is 5.82 Å². The average molecular weight is 602 g/mol. The predicted octanol–water partition coefficient (Wildman–Crippen LogP) is 3.33. The number of nitrogens with two attached hydrogens (primary N) is 1. The molecule has 13 heteroatoms. The van der Waals surface area contributed by atoms with Crippen LogP contribution >= 0.6 is 11.8 Å². The van der Waals surface area contributed by atoms with Gasteiger partial charge in [0.25, 0.3) is 5.56 Å². The van der Waals surface area contributed by atoms with Gasteiger partial charge in [-0.15, -0.1) is 10.2 Å². The van der Waals surface area contributed by atoms with E-state index in [1.807, 2.05) is 60.7 Å². The number of aromatic nitrogens is 5. The van der Waals surface area contributed by atoms with Gasteiger partial charge in [0.15, 0.2) is 16.7 Å². The number of carbonyl (C=O) groups excluding carboxylic acids is 1. The van der Waals surface area contributed by atoms with Crippen LogP contribution in [-0.2, 0) is 16.1 Å². The van der Waals surface area contributed by atoms with Crippen LogP contribution in [0.1, 0.15) is 5.56 Å². The van der Waals surface area contributed by atoms with E-state index in [-0.39, 0.29) is 42.8 Å². The van der Waals surface area contributed by atoms with E-state index in [0.29, 0.717) is 16.5 Å². The van der Waals surface area contributed by atoms with E-state index >= 15 is 0 Å². The SMILES string of the molecule is COCCN(C(=O)CSc1nnc(-c2ccc(F)cc2)n1-c1ccccc1)c1c(N)n(Cc2ccccc2)c(=O)[nH]c1=O. The van der Waals surface area contributed by atoms with Gasteiger partial charge in [0, 0.05) is 24.9 Å². The number of hydrogen-bond acceptors (Lipinski definition) is 8. The van der Waals surface area contributed by atoms with Gasteiger partial charge < -0.3 is 15.4 Å². The monoisotopic (exact) mass is 601 g/mol. The second-order valence-electron chi connectivity index (χ2n) is 9.38. The molecule has 0 bridgehead atoms. The van der Waals surface area contributed by atoms with Crippen molar-refractivity contribution in [2.45, 2.75) is 11.7 Å². The largest absolute Gasteiger partial charge is 0.383 e. The lowest BCUT2D eigenvalue weighted by Gasteiger charge is -2.24. The molecule has 0 aliphatic carbocycles. The van der Waals surface area contributed by atoms with Crippen molar-refractivity contribution in [3.05, 3.63) is 117 Å². The normalized spacial score (nSPS) is 11.0. The molecule has 3 aromatic carbocycles. The maximum atomic E-state index is 13.7. The zero-order valence-electron chi connectivity index (χ0n) is 23.1. The summed E-state index contributed by atoms with van der Waals surface area (Å²) < 4.78 is 21.8. The predicted molar refractivity (Wildman–Crippen MR) is 163 cm³/mol. The maximum Gasteiger partial charge on any atom is 0.330 e. The van der Waals surface area contributed by atoms with Gasteiger partial charge in [0.2, 0.25) is 5.91 Å². The number of rotatable bonds is 11. The Kier molecular flexibility index (Phi) is 9.13. The molecular formula is C30H28FN7O4S. The van der Waals surface area contributed by atoms with E-state index in [4.69, 9.17) is 10.5 Å². The number of benzene rings is 3. The molecule has 0 unspecified atom stereocenters. The number of aromatic amines is 1. The van der Waals surface area contributed by atoms with Crippen LogP contribution < -0.4 is 21.9 Å². The number of halogens is 1. The quantitative estimate of drug-likeness (QED) is 0.220. The molecule has 5 aromatic rings. The van der Waals surface area contributed by atoms with Crippen molar-refractivity contribution >= 4 is 29.2 Å². The highest BCUT2D eigenvalue weighted by Crippen LogP contribution is 2.29. The fraction of sp³-hybridized carbons (Fsp3) is 0.167. The Morgan fingerprint density at radius 1 is 1.00 bits per heavy atom. The molecule has 0 fully saturated rings. The fourth-order valence-electron chi connectivity index (χ4n) is 4.47. The number of anilines is 2. The van der Waals surface area contributed by atoms with Crippen LogP contribution in [0.2, 0.25) is 0 Å². The van der Waals surface area contributed by atoms with Crippen molar-refractivity contribution in [1.82, 2.24) is 24.3 Å². The molecule has 3 N–H and O–H groups in total. The Morgan fingerprint density at radius 2 is 1.67 bits per heavy atom. The molecule has 2 heterocycles. The highest BCUT2D eigenvalue weighted by Gasteiger charge is 2.26. The number of nitrogens with zero attached hydrogens (tertiary/aromatic N) is 5. The lowest BCUT2D eigenvalue weighted by molar-refractivity contribution is -0.116. The summed E-state index contributed by atoms with van der Waals surface area (Å²) in [7, 11) is 1.47. The molecule has 0 spiro atoms. The molecule has 220 valence electrons. The number of amides is 1. The van der Waals surface area contributed by atoms with Gasteiger partial charge in [-0.2, -0.15) is 0 Å². The van der Waals surface area contributed by atoms with E-state index in [9.17, 15) is 18.8 Å². The van der Waals surface area contributed by atoms with E-state index in [1.165, 1.54) is 28.7 Å². The summed E-state index contributed by atoms with van der Waals surface area (Å²) in [4.78, 5) is 42.9. The standard InChI is InChI=1S/C30H28FN7O4S/c1-42-17-16-36(25-26(32)37(29(41)33-28(25)40)18-20-8-4-2-5-9-20)24(39)19-43-30-35-34-27(21-12-14-22(31)15-13-21)38(30)23-10-6-3-7-11-23/h2-15H,16-19,32H2,1H3,(H,33,40,41). The molecule has 2 aromatic heterocycles. The van der Waals surface area contributed by atoms with E-state index in [0.717, 1.165) is 23.0 Å². The number of carbonyl (C=O) groups is 1. The zero-order valence-corrected chi connectivity index (χ0v) is 24.0. The minimum Gasteiger partial charge on any atom is -0.383 e. The number of H-pyrrole nitrogens is 1. The number of nitrogen functional groups attached to an aromatic ring is 1. The summed E-state index contributed by atoms with van der Waals surface area (Å²) in [5.74, 6) is -0.663. The second kappa shape index (κ2) is 13.3. The van der Waals surface area contributed by atoms with Gasteiger partial charge in [0.05, 0.1) is 18.9 Å². The van der Waals surface area contributed by atoms with Gasteiger partial charge >= 0.3 is 5.69 Å². The molecular weight excluding hydrogens is 573 g/mol. The van der Waals surface area contributed by atoms with Crippen molar-refractivity contribution in [2.24, 2.45) is 0 Å². The molecule has 0 atom stereocenters. The first-order chi connectivity index (χ1) is 20.9. The third kappa shape index (κ3) is 6.58. The molecule has 0 saturated carbocycles. The number of ether oxygens (including phenoxy) is 1. The Bertz CT molecular complexity index is 1820. The summed E-state index contributed by atoms with van der Waals surface area (Å²) in [6, 6.07) is 24.3. The number of para-hydroxylation sites is 1. The minimum atomic E-state index is -0.785. The van der Waals surface area contributed by atoms with Crippen LogP contribution in [0.4, 0.5) is 15.9 Å². The Labute approximate surface area is 249 Å². The molecule has 5 rings (SSSR count). The minimum absolute atomic E-state index is 0.0128. The Morgan fingerprint density at radius 3 is 2.35 bits per heavy atom. The highest BCUT2D eigenvalue weighted by molar-refractivity contribution is 7.99. The number of thioether (sulfide) groups is 1. The van der Waals surface area contributed by atoms with Gasteiger partial charge in [-0.1, -0.05) is 60.3 Å². The molecule has 43 heavy (non-hydrogen) atoms. The first-order valence-electron chi connectivity index (χ1n) is 13.2. The van der Waals surface area contributed by atoms with Crippen LogP contribution in [0.25, 0.3) is 17.1 Å². The van der Waals surface area contributed by atoms with Crippen molar-refractivity contribution in [1.29, 1.82) is 0 Å². The van der Waals surface area contributed by atoms with Crippen molar-refractivity contribution in [2.75, 3.05) is 36.6 Å². The summed E-state index contributed by atoms with van der Waals surface area (Å²) in [6.45, 7) is 0.226. The highest BCUT2D eigenvalue weighted by atomic mass is 32.2. The molecule has 11 nitrogen and oxygen atoms in total. The van der Waals surface area contributed by atoms with Crippen molar-refractivity contribution in [3.8, 4) is 17.1 Å². The topological polar surface area (TPSA) is 141 Å². The smallest absolute Gasteiger partial charge is 0.330 e. The molecule has 0 aliphatic heterocycles. The zero-order chi connectivity index (χ0) is 30.3. The van der Waals surface area contributed by atoms with Crippen molar-refractivity contribution < 1.29 is 13.9 Å². The van der Waals surface area contributed by atoms with Crippen molar-refractivity contribution in [3.63, 3.8) is 0 Å². The maximum absolute atomic E-state index is 13.7. The molecule has 0 aliphatic rings. The summed E-state index contributed by atoms with van der Waals surface area (Å²) >= 11 is 1.11. The fourth-order valence-corrected chi connectivity index (χ4v) is 5.30. The van der Waals surface area contributed by atoms with Gasteiger partial charge in [0.1, 0.15) is 11.6 Å². The van der Waals surface area contributed by atoms with Gasteiger partial charge in [-0.25, -0.2) is 9.18 Å². The van der Waals surface area contributed by atoms with Crippen LogP contribution in [-0.4, -0.2) is 56.2 Å². The van der Waals surface area contributed by atoms with Gasteiger partial charge in [-0.05, 0) is 42.0 Å². The van der Waals surface area contributed by atoms with Gasteiger partial charge in [-0.3, -0.25) is 23.7 Å². The van der Waals surface area contributed by atoms with E-state index in [2.05, 4.69) is 15.2 Å². The Balaban J connectivity index is 1.47. The summed E-state index contributed by atoms with van der Waals surface area (Å²) in [5.41, 5.74) is 6.93. The lowest BCUT2D eigenvalue weighted by atomic mass is 10.2. The molecule has 0 saturated heterocycles.